The molecule has 1 heterocycles. The third-order valence-corrected chi connectivity index (χ3v) is 5.25. The number of carbonyl (C=O) groups is 1. The number of aliphatic carboxylic acids is 1. The van der Waals surface area contributed by atoms with Crippen LogP contribution in [0.25, 0.3) is 10.9 Å². The molecule has 0 saturated heterocycles. The van der Waals surface area contributed by atoms with E-state index in [-0.39, 0.29) is 24.2 Å². The summed E-state index contributed by atoms with van der Waals surface area (Å²) in [5.41, 5.74) is 0.113. The van der Waals surface area contributed by atoms with Crippen molar-refractivity contribution in [3.05, 3.63) is 40.1 Å². The molecule has 2 aromatic rings. The summed E-state index contributed by atoms with van der Waals surface area (Å²) in [4.78, 5) is 25.7. The van der Waals surface area contributed by atoms with E-state index in [1.165, 1.54) is 12.8 Å². The van der Waals surface area contributed by atoms with E-state index in [2.05, 4.69) is 4.98 Å². The van der Waals surface area contributed by atoms with E-state index >= 15 is 0 Å². The monoisotopic (exact) mass is 360 g/mol. The molecule has 0 radical (unpaired) electrons. The largest absolute Gasteiger partial charge is 0.493 e. The Kier molecular flexibility index (Phi) is 5.15. The molecule has 26 heavy (non-hydrogen) atoms. The minimum absolute atomic E-state index is 0.0757. The smallest absolute Gasteiger partial charge is 0.303 e. The predicted octanol–water partition coefficient (Wildman–Crippen LogP) is 4.09. The number of hydrogen-bond donors (Lipinski definition) is 2. The van der Waals surface area contributed by atoms with Gasteiger partial charge in [0.05, 0.1) is 12.2 Å². The Bertz CT molecular complexity index is 811. The van der Waals surface area contributed by atoms with Crippen molar-refractivity contribution in [1.29, 1.82) is 0 Å². The number of ether oxygens (including phenoxy) is 1. The molecule has 7 nitrogen and oxygen atoms in total. The van der Waals surface area contributed by atoms with Gasteiger partial charge in [-0.25, -0.2) is 0 Å². The maximum atomic E-state index is 12.0. The molecule has 3 rings (SSSR count). The summed E-state index contributed by atoms with van der Waals surface area (Å²) in [6.45, 7) is 2.45. The van der Waals surface area contributed by atoms with Crippen LogP contribution < -0.4 is 4.74 Å². The number of carboxylic acids is 1. The first kappa shape index (κ1) is 18.2. The van der Waals surface area contributed by atoms with Gasteiger partial charge in [-0.15, -0.1) is 0 Å². The van der Waals surface area contributed by atoms with Crippen molar-refractivity contribution in [3.63, 3.8) is 0 Å². The zero-order valence-electron chi connectivity index (χ0n) is 14.9. The molecule has 1 aromatic carbocycles. The van der Waals surface area contributed by atoms with E-state index in [4.69, 9.17) is 9.84 Å². The molecule has 1 fully saturated rings. The fourth-order valence-corrected chi connectivity index (χ4v) is 3.43. The van der Waals surface area contributed by atoms with Gasteiger partial charge in [-0.05, 0) is 43.4 Å². The lowest BCUT2D eigenvalue weighted by Crippen LogP contribution is -2.34. The molecule has 1 aromatic heterocycles. The van der Waals surface area contributed by atoms with Crippen molar-refractivity contribution in [2.45, 2.75) is 51.0 Å². The molecule has 1 unspecified atom stereocenters. The third-order valence-electron chi connectivity index (χ3n) is 5.25. The number of H-pyrrole nitrogens is 1. The minimum Gasteiger partial charge on any atom is -0.493 e. The molecular weight excluding hydrogens is 336 g/mol. The number of nitro groups is 1. The molecule has 1 aliphatic carbocycles. The highest BCUT2D eigenvalue weighted by molar-refractivity contribution is 5.85. The Morgan fingerprint density at radius 1 is 1.46 bits per heavy atom. The van der Waals surface area contributed by atoms with Gasteiger partial charge in [-0.3, -0.25) is 14.9 Å². The van der Waals surface area contributed by atoms with Gasteiger partial charge in [0.25, 0.3) is 0 Å². The van der Waals surface area contributed by atoms with Gasteiger partial charge in [0.15, 0.2) is 0 Å². The lowest BCUT2D eigenvalue weighted by atomic mass is 9.83. The molecule has 140 valence electrons. The molecular formula is C19H24N2O5. The predicted molar refractivity (Wildman–Crippen MR) is 97.0 cm³/mol. The second-order valence-electron chi connectivity index (χ2n) is 7.05. The van der Waals surface area contributed by atoms with Gasteiger partial charge >= 0.3 is 5.97 Å². The van der Waals surface area contributed by atoms with Gasteiger partial charge in [-0.1, -0.05) is 6.92 Å². The minimum atomic E-state index is -1.30. The SMILES string of the molecule is CCC(CCCC(=O)O)(c1c[nH]c2ccc(OCC3CC3)cc12)[N+](=O)[O-]. The average Bonchev–Trinajstić information content (AvgIpc) is 3.35. The Labute approximate surface area is 151 Å². The van der Waals surface area contributed by atoms with Gasteiger partial charge in [0.1, 0.15) is 5.75 Å². The fraction of sp³-hybridized carbons (Fsp3) is 0.526. The molecule has 0 bridgehead atoms. The van der Waals surface area contributed by atoms with Gasteiger partial charge < -0.3 is 14.8 Å². The quantitative estimate of drug-likeness (QED) is 0.490. The summed E-state index contributed by atoms with van der Waals surface area (Å²) in [6.07, 6.45) is 4.73. The first-order valence-corrected chi connectivity index (χ1v) is 9.07. The van der Waals surface area contributed by atoms with Crippen LogP contribution in [-0.4, -0.2) is 27.6 Å². The van der Waals surface area contributed by atoms with Crippen LogP contribution in [0.3, 0.4) is 0 Å². The molecule has 1 aliphatic rings. The Balaban J connectivity index is 1.93. The summed E-state index contributed by atoms with van der Waals surface area (Å²) in [5.74, 6) is 0.401. The first-order chi connectivity index (χ1) is 12.5. The summed E-state index contributed by atoms with van der Waals surface area (Å²) < 4.78 is 5.82. The lowest BCUT2D eigenvalue weighted by Gasteiger charge is -2.23. The van der Waals surface area contributed by atoms with Gasteiger partial charge in [0, 0.05) is 41.3 Å². The normalized spacial score (nSPS) is 16.3. The van der Waals surface area contributed by atoms with Crippen LogP contribution in [0.1, 0.15) is 51.0 Å². The molecule has 0 spiro atoms. The number of nitrogens with zero attached hydrogens (tertiary/aromatic N) is 1. The highest BCUT2D eigenvalue weighted by Crippen LogP contribution is 2.39. The maximum Gasteiger partial charge on any atom is 0.303 e. The molecule has 1 saturated carbocycles. The van der Waals surface area contributed by atoms with E-state index in [0.29, 0.717) is 30.3 Å². The number of aromatic amines is 1. The lowest BCUT2D eigenvalue weighted by molar-refractivity contribution is -0.581. The summed E-state index contributed by atoms with van der Waals surface area (Å²) >= 11 is 0. The Morgan fingerprint density at radius 3 is 2.85 bits per heavy atom. The van der Waals surface area contributed by atoms with E-state index in [9.17, 15) is 14.9 Å². The molecule has 2 N–H and O–H groups in total. The first-order valence-electron chi connectivity index (χ1n) is 9.07. The van der Waals surface area contributed by atoms with Crippen LogP contribution in [0.4, 0.5) is 0 Å². The number of nitrogens with one attached hydrogen (secondary N) is 1. The van der Waals surface area contributed by atoms with E-state index < -0.39 is 11.5 Å². The Morgan fingerprint density at radius 2 is 2.23 bits per heavy atom. The van der Waals surface area contributed by atoms with E-state index in [1.54, 1.807) is 13.1 Å². The number of fused-ring (bicyclic) bond motifs is 1. The van der Waals surface area contributed by atoms with Crippen molar-refractivity contribution in [3.8, 4) is 5.75 Å². The molecule has 7 heteroatoms. The van der Waals surface area contributed by atoms with Crippen LogP contribution in [0.2, 0.25) is 0 Å². The van der Waals surface area contributed by atoms with E-state index in [0.717, 1.165) is 10.9 Å². The average molecular weight is 360 g/mol. The number of carboxylic acid groups (broad SMARTS) is 1. The molecule has 1 atom stereocenters. The van der Waals surface area contributed by atoms with Crippen molar-refractivity contribution < 1.29 is 19.6 Å². The van der Waals surface area contributed by atoms with Crippen LogP contribution in [-0.2, 0) is 10.3 Å². The van der Waals surface area contributed by atoms with Crippen molar-refractivity contribution in [1.82, 2.24) is 4.98 Å². The highest BCUT2D eigenvalue weighted by atomic mass is 16.6. The van der Waals surface area contributed by atoms with Crippen molar-refractivity contribution in [2.24, 2.45) is 5.92 Å². The third kappa shape index (κ3) is 3.66. The second kappa shape index (κ2) is 7.35. The summed E-state index contributed by atoms with van der Waals surface area (Å²) in [6, 6.07) is 5.60. The number of aromatic nitrogens is 1. The highest BCUT2D eigenvalue weighted by Gasteiger charge is 2.44. The van der Waals surface area contributed by atoms with Crippen LogP contribution in [0, 0.1) is 16.0 Å². The topological polar surface area (TPSA) is 105 Å². The number of rotatable bonds is 10. The van der Waals surface area contributed by atoms with Crippen LogP contribution in [0.15, 0.2) is 24.4 Å². The van der Waals surface area contributed by atoms with Crippen LogP contribution >= 0.6 is 0 Å². The maximum absolute atomic E-state index is 12.0. The van der Waals surface area contributed by atoms with Crippen LogP contribution in [0.5, 0.6) is 5.75 Å². The zero-order valence-corrected chi connectivity index (χ0v) is 14.9. The summed E-state index contributed by atoms with van der Waals surface area (Å²) in [7, 11) is 0. The standard InChI is InChI=1S/C19H24N2O5/c1-2-19(21(24)25,9-3-4-18(22)23)16-11-20-17-8-7-14(10-15(16)17)26-12-13-5-6-13/h7-8,10-11,13,20H,2-6,9,12H2,1H3,(H,22,23). The molecule has 0 aliphatic heterocycles. The summed E-state index contributed by atoms with van der Waals surface area (Å²) in [5, 5.41) is 21.6. The molecule has 0 amide bonds. The zero-order chi connectivity index (χ0) is 18.7. The van der Waals surface area contributed by atoms with Gasteiger partial charge in [-0.2, -0.15) is 0 Å². The van der Waals surface area contributed by atoms with Gasteiger partial charge in [0.2, 0.25) is 5.54 Å². The van der Waals surface area contributed by atoms with E-state index in [1.807, 2.05) is 18.2 Å². The van der Waals surface area contributed by atoms with Crippen molar-refractivity contribution in [2.75, 3.05) is 6.61 Å². The fourth-order valence-electron chi connectivity index (χ4n) is 3.43. The number of benzene rings is 1. The van der Waals surface area contributed by atoms with Crippen molar-refractivity contribution >= 4 is 16.9 Å². The Hall–Kier alpha value is -2.57. The second-order valence-corrected chi connectivity index (χ2v) is 7.05. The number of hydrogen-bond acceptors (Lipinski definition) is 4.